The number of anilines is 2. The summed E-state index contributed by atoms with van der Waals surface area (Å²) in [4.78, 5) is 28.1. The molecule has 166 valence electrons. The molecular formula is C24H23N7O2. The van der Waals surface area contributed by atoms with E-state index in [-0.39, 0.29) is 5.91 Å². The van der Waals surface area contributed by atoms with Gasteiger partial charge in [-0.05, 0) is 30.3 Å². The van der Waals surface area contributed by atoms with Crippen molar-refractivity contribution in [2.24, 2.45) is 7.05 Å². The predicted molar refractivity (Wildman–Crippen MR) is 123 cm³/mol. The van der Waals surface area contributed by atoms with Gasteiger partial charge < -0.3 is 15.0 Å². The third-order valence-corrected chi connectivity index (χ3v) is 5.51. The number of carbonyl (C=O) groups excluding carboxylic acids is 1. The summed E-state index contributed by atoms with van der Waals surface area (Å²) in [6.07, 6.45) is 3.97. The van der Waals surface area contributed by atoms with Crippen molar-refractivity contribution in [3.05, 3.63) is 77.6 Å². The summed E-state index contributed by atoms with van der Waals surface area (Å²) in [7, 11) is 5.20. The molecule has 0 saturated heterocycles. The molecule has 9 heteroatoms. The Hall–Kier alpha value is -4.27. The van der Waals surface area contributed by atoms with E-state index in [9.17, 15) is 4.79 Å². The molecule has 4 heterocycles. The number of fused-ring (bicyclic) bond motifs is 1. The van der Waals surface area contributed by atoms with E-state index in [1.54, 1.807) is 36.3 Å². The van der Waals surface area contributed by atoms with Crippen LogP contribution < -0.4 is 10.1 Å². The minimum Gasteiger partial charge on any atom is -0.494 e. The molecule has 9 nitrogen and oxygen atoms in total. The summed E-state index contributed by atoms with van der Waals surface area (Å²) in [5, 5.41) is 7.82. The Balaban J connectivity index is 1.58. The third kappa shape index (κ3) is 3.89. The molecule has 1 aromatic carbocycles. The SMILES string of the molecule is COc1c(Nc2cc(Cc3ccccn3)nc3c2C(=O)N(C)C3)cccc1-c1ncn(C)n1. The summed E-state index contributed by atoms with van der Waals surface area (Å²) in [5.74, 6) is 1.09. The number of ether oxygens (including phenoxy) is 1. The second-order valence-electron chi connectivity index (χ2n) is 7.90. The molecule has 0 spiro atoms. The fourth-order valence-corrected chi connectivity index (χ4v) is 4.01. The molecule has 0 saturated carbocycles. The molecule has 1 aliphatic heterocycles. The Labute approximate surface area is 191 Å². The summed E-state index contributed by atoms with van der Waals surface area (Å²) >= 11 is 0. The van der Waals surface area contributed by atoms with Crippen molar-refractivity contribution in [1.82, 2.24) is 29.6 Å². The summed E-state index contributed by atoms with van der Waals surface area (Å²) in [6.45, 7) is 0.466. The number of amides is 1. The van der Waals surface area contributed by atoms with Crippen molar-refractivity contribution in [2.75, 3.05) is 19.5 Å². The molecule has 4 aromatic rings. The second-order valence-corrected chi connectivity index (χ2v) is 7.90. The average molecular weight is 441 g/mol. The number of methoxy groups -OCH3 is 1. The van der Waals surface area contributed by atoms with Gasteiger partial charge in [-0.2, -0.15) is 5.10 Å². The van der Waals surface area contributed by atoms with Gasteiger partial charge in [0.1, 0.15) is 6.33 Å². The van der Waals surface area contributed by atoms with Crippen LogP contribution in [0.2, 0.25) is 0 Å². The first-order valence-corrected chi connectivity index (χ1v) is 10.5. The van der Waals surface area contributed by atoms with Crippen molar-refractivity contribution in [1.29, 1.82) is 0 Å². The zero-order valence-corrected chi connectivity index (χ0v) is 18.6. The smallest absolute Gasteiger partial charge is 0.257 e. The van der Waals surface area contributed by atoms with Gasteiger partial charge in [-0.1, -0.05) is 12.1 Å². The predicted octanol–water partition coefficient (Wildman–Crippen LogP) is 3.20. The third-order valence-electron chi connectivity index (χ3n) is 5.51. The molecular weight excluding hydrogens is 418 g/mol. The number of hydrogen-bond acceptors (Lipinski definition) is 7. The summed E-state index contributed by atoms with van der Waals surface area (Å²) < 4.78 is 7.37. The average Bonchev–Trinajstić information content (AvgIpc) is 3.37. The lowest BCUT2D eigenvalue weighted by Gasteiger charge is -2.16. The van der Waals surface area contributed by atoms with Crippen LogP contribution in [0.4, 0.5) is 11.4 Å². The Morgan fingerprint density at radius 3 is 2.67 bits per heavy atom. The molecule has 5 rings (SSSR count). The Morgan fingerprint density at radius 2 is 1.94 bits per heavy atom. The first-order valence-electron chi connectivity index (χ1n) is 10.5. The fraction of sp³-hybridized carbons (Fsp3) is 0.208. The van der Waals surface area contributed by atoms with Gasteiger partial charge in [0.2, 0.25) is 0 Å². The maximum absolute atomic E-state index is 12.9. The molecule has 33 heavy (non-hydrogen) atoms. The number of rotatable bonds is 6. The van der Waals surface area contributed by atoms with Gasteiger partial charge in [0.05, 0.1) is 41.9 Å². The van der Waals surface area contributed by atoms with E-state index < -0.39 is 0 Å². The number of nitrogens with zero attached hydrogens (tertiary/aromatic N) is 6. The van der Waals surface area contributed by atoms with Crippen molar-refractivity contribution in [2.45, 2.75) is 13.0 Å². The number of para-hydroxylation sites is 1. The van der Waals surface area contributed by atoms with Gasteiger partial charge >= 0.3 is 0 Å². The zero-order valence-electron chi connectivity index (χ0n) is 18.6. The molecule has 0 bridgehead atoms. The van der Waals surface area contributed by atoms with Crippen LogP contribution in [0.25, 0.3) is 11.4 Å². The number of carbonyl (C=O) groups is 1. The monoisotopic (exact) mass is 441 g/mol. The van der Waals surface area contributed by atoms with Crippen LogP contribution in [0, 0.1) is 0 Å². The van der Waals surface area contributed by atoms with Gasteiger partial charge in [0.15, 0.2) is 11.6 Å². The number of aryl methyl sites for hydroxylation is 1. The van der Waals surface area contributed by atoms with Crippen LogP contribution in [0.15, 0.2) is 55.0 Å². The van der Waals surface area contributed by atoms with Crippen molar-refractivity contribution >= 4 is 17.3 Å². The summed E-state index contributed by atoms with van der Waals surface area (Å²) in [5.41, 5.74) is 5.22. The molecule has 0 aliphatic carbocycles. The minimum absolute atomic E-state index is 0.0640. The molecule has 1 N–H and O–H groups in total. The number of pyridine rings is 2. The topological polar surface area (TPSA) is 98.1 Å². The molecule has 1 aliphatic rings. The van der Waals surface area contributed by atoms with Crippen LogP contribution in [0.3, 0.4) is 0 Å². The highest BCUT2D eigenvalue weighted by Crippen LogP contribution is 2.38. The van der Waals surface area contributed by atoms with Crippen LogP contribution in [-0.2, 0) is 20.0 Å². The van der Waals surface area contributed by atoms with E-state index in [4.69, 9.17) is 9.72 Å². The molecule has 3 aromatic heterocycles. The van der Waals surface area contributed by atoms with Gasteiger partial charge in [0, 0.05) is 38.1 Å². The molecule has 0 atom stereocenters. The van der Waals surface area contributed by atoms with E-state index in [1.807, 2.05) is 49.5 Å². The summed E-state index contributed by atoms with van der Waals surface area (Å²) in [6, 6.07) is 13.4. The first kappa shape index (κ1) is 20.6. The van der Waals surface area contributed by atoms with Crippen molar-refractivity contribution in [3.63, 3.8) is 0 Å². The number of aromatic nitrogens is 5. The lowest BCUT2D eigenvalue weighted by molar-refractivity contribution is 0.0817. The fourth-order valence-electron chi connectivity index (χ4n) is 4.01. The zero-order chi connectivity index (χ0) is 22.9. The lowest BCUT2D eigenvalue weighted by Crippen LogP contribution is -2.18. The van der Waals surface area contributed by atoms with Gasteiger partial charge in [-0.3, -0.25) is 19.4 Å². The van der Waals surface area contributed by atoms with Crippen molar-refractivity contribution in [3.8, 4) is 17.1 Å². The van der Waals surface area contributed by atoms with Gasteiger partial charge in [-0.15, -0.1) is 0 Å². The molecule has 1 amide bonds. The van der Waals surface area contributed by atoms with Gasteiger partial charge in [0.25, 0.3) is 5.91 Å². The quantitative estimate of drug-likeness (QED) is 0.491. The minimum atomic E-state index is -0.0640. The van der Waals surface area contributed by atoms with E-state index in [0.29, 0.717) is 41.5 Å². The Kier molecular flexibility index (Phi) is 5.21. The number of nitrogens with one attached hydrogen (secondary N) is 1. The standard InChI is InChI=1S/C24H23N7O2/c1-30-13-20-21(24(30)32)19(12-16(27-20)11-15-7-4-5-10-25-15)28-18-9-6-8-17(22(18)33-3)23-26-14-31(2)29-23/h4-10,12,14H,11,13H2,1-3H3,(H,27,28). The second kappa shape index (κ2) is 8.34. The first-order chi connectivity index (χ1) is 16.0. The highest BCUT2D eigenvalue weighted by atomic mass is 16.5. The number of hydrogen-bond donors (Lipinski definition) is 1. The molecule has 0 radical (unpaired) electrons. The Bertz CT molecular complexity index is 1330. The van der Waals surface area contributed by atoms with E-state index in [1.165, 1.54) is 0 Å². The van der Waals surface area contributed by atoms with E-state index in [0.717, 1.165) is 22.6 Å². The maximum Gasteiger partial charge on any atom is 0.257 e. The molecule has 0 unspecified atom stereocenters. The van der Waals surface area contributed by atoms with Crippen molar-refractivity contribution < 1.29 is 9.53 Å². The lowest BCUT2D eigenvalue weighted by atomic mass is 10.1. The van der Waals surface area contributed by atoms with Crippen LogP contribution in [0.1, 0.15) is 27.4 Å². The highest BCUT2D eigenvalue weighted by molar-refractivity contribution is 6.03. The van der Waals surface area contributed by atoms with E-state index in [2.05, 4.69) is 20.4 Å². The van der Waals surface area contributed by atoms with Crippen LogP contribution in [0.5, 0.6) is 5.75 Å². The van der Waals surface area contributed by atoms with Crippen LogP contribution >= 0.6 is 0 Å². The van der Waals surface area contributed by atoms with Crippen LogP contribution in [-0.4, -0.2) is 49.7 Å². The van der Waals surface area contributed by atoms with E-state index >= 15 is 0 Å². The highest BCUT2D eigenvalue weighted by Gasteiger charge is 2.30. The Morgan fingerprint density at radius 1 is 1.06 bits per heavy atom. The maximum atomic E-state index is 12.9. The molecule has 0 fully saturated rings. The largest absolute Gasteiger partial charge is 0.494 e. The number of benzene rings is 1. The van der Waals surface area contributed by atoms with Gasteiger partial charge in [-0.25, -0.2) is 4.98 Å². The normalized spacial score (nSPS) is 12.7.